The summed E-state index contributed by atoms with van der Waals surface area (Å²) in [6.07, 6.45) is 3.14. The number of urea groups is 1. The molecule has 9 nitrogen and oxygen atoms in total. The summed E-state index contributed by atoms with van der Waals surface area (Å²) in [6.45, 7) is 3.49. The lowest BCUT2D eigenvalue weighted by atomic mass is 10.1. The fourth-order valence-corrected chi connectivity index (χ4v) is 3.85. The highest BCUT2D eigenvalue weighted by molar-refractivity contribution is 14.1. The highest BCUT2D eigenvalue weighted by Gasteiger charge is 2.35. The van der Waals surface area contributed by atoms with Crippen molar-refractivity contribution < 1.29 is 28.6 Å². The summed E-state index contributed by atoms with van der Waals surface area (Å²) in [5, 5.41) is 5.15. The number of hydrogen-bond acceptors (Lipinski definition) is 6. The molecule has 10 heteroatoms. The first-order valence-corrected chi connectivity index (χ1v) is 10.8. The Labute approximate surface area is 204 Å². The quantitative estimate of drug-likeness (QED) is 0.210. The van der Waals surface area contributed by atoms with Gasteiger partial charge in [-0.15, -0.1) is 0 Å². The first kappa shape index (κ1) is 24.1. The van der Waals surface area contributed by atoms with Crippen LogP contribution in [0.3, 0.4) is 0 Å². The molecule has 1 aliphatic rings. The molecule has 172 valence electrons. The van der Waals surface area contributed by atoms with E-state index in [0.29, 0.717) is 35.1 Å². The molecule has 0 radical (unpaired) electrons. The molecule has 1 aliphatic heterocycles. The van der Waals surface area contributed by atoms with Crippen molar-refractivity contribution >= 4 is 52.2 Å². The molecule has 4 amide bonds. The fourth-order valence-electron chi connectivity index (χ4n) is 3.07. The Morgan fingerprint density at radius 3 is 2.61 bits per heavy atom. The van der Waals surface area contributed by atoms with Gasteiger partial charge in [0.05, 0.1) is 23.5 Å². The van der Waals surface area contributed by atoms with Crippen molar-refractivity contribution in [1.82, 2.24) is 10.2 Å². The first-order valence-electron chi connectivity index (χ1n) is 9.76. The molecular weight excluding hydrogens is 541 g/mol. The molecule has 0 unspecified atom stereocenters. The molecule has 0 aromatic heterocycles. The zero-order chi connectivity index (χ0) is 24.0. The van der Waals surface area contributed by atoms with E-state index in [9.17, 15) is 14.4 Å². The first-order chi connectivity index (χ1) is 15.9. The van der Waals surface area contributed by atoms with Crippen molar-refractivity contribution in [3.05, 3.63) is 63.9 Å². The third-order valence-electron chi connectivity index (χ3n) is 4.55. The molecule has 1 saturated heterocycles. The number of para-hydroxylation sites is 2. The fraction of sp³-hybridized carbons (Fsp3) is 0.174. The maximum Gasteiger partial charge on any atom is 0.329 e. The van der Waals surface area contributed by atoms with Gasteiger partial charge >= 0.3 is 6.03 Å². The number of imide groups is 1. The van der Waals surface area contributed by atoms with E-state index in [1.54, 1.807) is 42.5 Å². The summed E-state index contributed by atoms with van der Waals surface area (Å²) >= 11 is 2.09. The molecular formula is C23H22IN3O6. The van der Waals surface area contributed by atoms with E-state index < -0.39 is 24.4 Å². The maximum atomic E-state index is 12.8. The zero-order valence-corrected chi connectivity index (χ0v) is 20.2. The number of carbonyl (C=O) groups excluding carboxylic acids is 3. The summed E-state index contributed by atoms with van der Waals surface area (Å²) in [7, 11) is 2.99. The molecule has 0 aliphatic carbocycles. The highest BCUT2D eigenvalue weighted by atomic mass is 127. The van der Waals surface area contributed by atoms with Gasteiger partial charge in [0, 0.05) is 0 Å². The average molecular weight is 563 g/mol. The van der Waals surface area contributed by atoms with E-state index in [1.165, 1.54) is 20.3 Å². The van der Waals surface area contributed by atoms with E-state index in [0.717, 1.165) is 8.47 Å². The minimum absolute atomic E-state index is 0.0442. The van der Waals surface area contributed by atoms with Crippen LogP contribution in [0, 0.1) is 3.57 Å². The van der Waals surface area contributed by atoms with Crippen LogP contribution in [-0.2, 0) is 9.59 Å². The number of anilines is 1. The van der Waals surface area contributed by atoms with Gasteiger partial charge in [0.15, 0.2) is 11.5 Å². The Hall–Kier alpha value is -3.54. The smallest absolute Gasteiger partial charge is 0.329 e. The monoisotopic (exact) mass is 563 g/mol. The van der Waals surface area contributed by atoms with Crippen molar-refractivity contribution in [2.45, 2.75) is 0 Å². The number of ether oxygens (including phenoxy) is 3. The molecule has 2 N–H and O–H groups in total. The number of rotatable bonds is 9. The molecule has 2 aromatic carbocycles. The van der Waals surface area contributed by atoms with Crippen molar-refractivity contribution in [3.8, 4) is 17.2 Å². The van der Waals surface area contributed by atoms with Crippen LogP contribution in [-0.4, -0.2) is 50.1 Å². The summed E-state index contributed by atoms with van der Waals surface area (Å²) in [4.78, 5) is 38.4. The second-order valence-electron chi connectivity index (χ2n) is 6.76. The van der Waals surface area contributed by atoms with Crippen molar-refractivity contribution in [2.24, 2.45) is 0 Å². The third-order valence-corrected chi connectivity index (χ3v) is 5.35. The second kappa shape index (κ2) is 10.9. The molecule has 1 fully saturated rings. The van der Waals surface area contributed by atoms with E-state index in [-0.39, 0.29) is 5.70 Å². The van der Waals surface area contributed by atoms with Gasteiger partial charge in [0.1, 0.15) is 24.6 Å². The largest absolute Gasteiger partial charge is 0.495 e. The maximum absolute atomic E-state index is 12.8. The minimum Gasteiger partial charge on any atom is -0.495 e. The molecule has 0 atom stereocenters. The Kier molecular flexibility index (Phi) is 7.93. The number of benzene rings is 2. The Morgan fingerprint density at radius 1 is 1.18 bits per heavy atom. The van der Waals surface area contributed by atoms with E-state index in [1.807, 2.05) is 0 Å². The van der Waals surface area contributed by atoms with Crippen LogP contribution in [0.25, 0.3) is 6.08 Å². The molecule has 0 spiro atoms. The van der Waals surface area contributed by atoms with Crippen LogP contribution in [0.4, 0.5) is 10.5 Å². The molecule has 2 aromatic rings. The van der Waals surface area contributed by atoms with Gasteiger partial charge in [-0.1, -0.05) is 24.8 Å². The molecule has 3 rings (SSSR count). The molecule has 1 heterocycles. The number of nitrogens with one attached hydrogen (secondary N) is 2. The number of halogens is 1. The summed E-state index contributed by atoms with van der Waals surface area (Å²) in [6, 6.07) is 9.62. The van der Waals surface area contributed by atoms with Crippen LogP contribution in [0.1, 0.15) is 5.56 Å². The number of amides is 4. The van der Waals surface area contributed by atoms with Crippen LogP contribution >= 0.6 is 22.6 Å². The van der Waals surface area contributed by atoms with Gasteiger partial charge < -0.3 is 24.8 Å². The lowest BCUT2D eigenvalue weighted by Gasteiger charge is -2.13. The van der Waals surface area contributed by atoms with E-state index >= 15 is 0 Å². The van der Waals surface area contributed by atoms with Gasteiger partial charge in [-0.3, -0.25) is 9.59 Å². The summed E-state index contributed by atoms with van der Waals surface area (Å²) in [5.41, 5.74) is 1.10. The minimum atomic E-state index is -0.686. The lowest BCUT2D eigenvalue weighted by Crippen LogP contribution is -2.38. The van der Waals surface area contributed by atoms with Crippen LogP contribution in [0.2, 0.25) is 0 Å². The van der Waals surface area contributed by atoms with Crippen LogP contribution in [0.5, 0.6) is 17.2 Å². The van der Waals surface area contributed by atoms with Crippen LogP contribution in [0.15, 0.2) is 54.8 Å². The van der Waals surface area contributed by atoms with Gasteiger partial charge in [-0.25, -0.2) is 9.69 Å². The molecule has 0 bridgehead atoms. The Bertz CT molecular complexity index is 1130. The normalized spacial score (nSPS) is 14.2. The van der Waals surface area contributed by atoms with Gasteiger partial charge in [-0.2, -0.15) is 0 Å². The van der Waals surface area contributed by atoms with Crippen LogP contribution < -0.4 is 24.8 Å². The van der Waals surface area contributed by atoms with Crippen molar-refractivity contribution in [2.75, 3.05) is 32.7 Å². The number of methoxy groups -OCH3 is 2. The third kappa shape index (κ3) is 5.64. The van der Waals surface area contributed by atoms with Crippen molar-refractivity contribution in [1.29, 1.82) is 0 Å². The standard InChI is InChI=1S/C23H22IN3O6/c1-4-9-33-21-15(24)10-14(12-19(21)32-3)11-17-22(29)27(23(30)26-17)13-20(28)25-16-7-5-6-8-18(16)31-2/h4-8,10-12H,1,9,13H2,2-3H3,(H,25,28)(H,26,30)/b17-11-. The second-order valence-corrected chi connectivity index (χ2v) is 7.92. The topological polar surface area (TPSA) is 106 Å². The predicted octanol–water partition coefficient (Wildman–Crippen LogP) is 3.40. The lowest BCUT2D eigenvalue weighted by molar-refractivity contribution is -0.127. The van der Waals surface area contributed by atoms with Gasteiger partial charge in [-0.05, 0) is 58.5 Å². The number of carbonyl (C=O) groups is 3. The zero-order valence-electron chi connectivity index (χ0n) is 18.0. The molecule has 33 heavy (non-hydrogen) atoms. The predicted molar refractivity (Wildman–Crippen MR) is 131 cm³/mol. The average Bonchev–Trinajstić information content (AvgIpc) is 3.05. The van der Waals surface area contributed by atoms with Crippen molar-refractivity contribution in [3.63, 3.8) is 0 Å². The Balaban J connectivity index is 1.76. The SMILES string of the molecule is C=CCOc1c(I)cc(/C=C2\NC(=O)N(CC(=O)Nc3ccccc3OC)C2=O)cc1OC. The Morgan fingerprint density at radius 2 is 1.91 bits per heavy atom. The van der Waals surface area contributed by atoms with E-state index in [2.05, 4.69) is 39.8 Å². The van der Waals surface area contributed by atoms with E-state index in [4.69, 9.17) is 14.2 Å². The molecule has 0 saturated carbocycles. The number of hydrogen-bond donors (Lipinski definition) is 2. The highest BCUT2D eigenvalue weighted by Crippen LogP contribution is 2.35. The summed E-state index contributed by atoms with van der Waals surface area (Å²) < 4.78 is 17.0. The van der Waals surface area contributed by atoms with Gasteiger partial charge in [0.25, 0.3) is 5.91 Å². The number of nitrogens with zero attached hydrogens (tertiary/aromatic N) is 1. The van der Waals surface area contributed by atoms with Gasteiger partial charge in [0.2, 0.25) is 5.91 Å². The summed E-state index contributed by atoms with van der Waals surface area (Å²) in [5.74, 6) is 0.338.